The fourth-order valence-corrected chi connectivity index (χ4v) is 4.39. The number of carbonyl (C=O) groups is 3. The number of rotatable bonds is 5. The van der Waals surface area contributed by atoms with E-state index in [4.69, 9.17) is 11.6 Å². The number of imide groups is 1. The molecule has 9 heteroatoms. The minimum absolute atomic E-state index is 0.0358. The first kappa shape index (κ1) is 22.7. The molecule has 0 atom stereocenters. The Hall–Kier alpha value is -3.49. The van der Waals surface area contributed by atoms with Crippen LogP contribution < -0.4 is 15.5 Å². The minimum Gasteiger partial charge on any atom is -0.350 e. The molecule has 0 bridgehead atoms. The molecule has 0 saturated heterocycles. The molecule has 0 radical (unpaired) electrons. The average Bonchev–Trinajstić information content (AvgIpc) is 3.20. The van der Waals surface area contributed by atoms with Crippen LogP contribution >= 0.6 is 22.9 Å². The second-order valence-corrected chi connectivity index (χ2v) is 9.33. The van der Waals surface area contributed by atoms with Crippen LogP contribution in [0.5, 0.6) is 0 Å². The van der Waals surface area contributed by atoms with E-state index in [0.717, 1.165) is 26.6 Å². The van der Waals surface area contributed by atoms with Crippen molar-refractivity contribution in [2.45, 2.75) is 27.7 Å². The first-order valence-corrected chi connectivity index (χ1v) is 11.3. The van der Waals surface area contributed by atoms with E-state index < -0.39 is 11.8 Å². The SMILES string of the molecule is Cc1ccc(C)c(N2C(=O)C(Cl)=C(Nc3cccc(C(=O)Nc4nc(C)c(C)s4)c3)C2=O)c1. The largest absolute Gasteiger partial charge is 0.350 e. The number of amides is 3. The molecule has 0 fully saturated rings. The van der Waals surface area contributed by atoms with E-state index in [1.807, 2.05) is 39.8 Å². The number of hydrogen-bond donors (Lipinski definition) is 2. The van der Waals surface area contributed by atoms with Crippen molar-refractivity contribution in [3.8, 4) is 0 Å². The molecule has 3 aromatic rings. The Balaban J connectivity index is 1.56. The number of aryl methyl sites for hydroxylation is 4. The van der Waals surface area contributed by atoms with Crippen LogP contribution in [0.1, 0.15) is 32.1 Å². The third-order valence-electron chi connectivity index (χ3n) is 5.28. The van der Waals surface area contributed by atoms with E-state index in [0.29, 0.717) is 22.1 Å². The predicted octanol–water partition coefficient (Wildman–Crippen LogP) is 5.06. The number of nitrogens with zero attached hydrogens (tertiary/aromatic N) is 2. The number of benzene rings is 2. The Kier molecular flexibility index (Phi) is 6.05. The summed E-state index contributed by atoms with van der Waals surface area (Å²) in [6.45, 7) is 7.52. The molecule has 2 heterocycles. The predicted molar refractivity (Wildman–Crippen MR) is 131 cm³/mol. The van der Waals surface area contributed by atoms with Crippen molar-refractivity contribution in [3.05, 3.63) is 80.5 Å². The zero-order valence-electron chi connectivity index (χ0n) is 18.4. The highest BCUT2D eigenvalue weighted by Crippen LogP contribution is 2.32. The lowest BCUT2D eigenvalue weighted by Gasteiger charge is -2.18. The molecule has 1 aliphatic rings. The maximum atomic E-state index is 13.1. The summed E-state index contributed by atoms with van der Waals surface area (Å²) in [5.74, 6) is -1.48. The zero-order valence-corrected chi connectivity index (χ0v) is 20.0. The Morgan fingerprint density at radius 3 is 2.48 bits per heavy atom. The van der Waals surface area contributed by atoms with Crippen molar-refractivity contribution in [2.24, 2.45) is 0 Å². The van der Waals surface area contributed by atoms with Gasteiger partial charge in [-0.3, -0.25) is 19.7 Å². The number of nitrogens with one attached hydrogen (secondary N) is 2. The molecule has 0 saturated carbocycles. The summed E-state index contributed by atoms with van der Waals surface area (Å²) < 4.78 is 0. The van der Waals surface area contributed by atoms with Crippen LogP contribution in [-0.4, -0.2) is 22.7 Å². The summed E-state index contributed by atoms with van der Waals surface area (Å²) in [6.07, 6.45) is 0. The quantitative estimate of drug-likeness (QED) is 0.498. The Morgan fingerprint density at radius 1 is 1.03 bits per heavy atom. The first-order chi connectivity index (χ1) is 15.7. The smallest absolute Gasteiger partial charge is 0.283 e. The number of halogens is 1. The van der Waals surface area contributed by atoms with Gasteiger partial charge in [0.05, 0.1) is 11.4 Å². The standard InChI is InChI=1S/C24H21ClN4O3S/c1-12-8-9-13(2)18(10-12)29-22(31)19(25)20(23(29)32)27-17-7-5-6-16(11-17)21(30)28-24-26-14(3)15(4)33-24/h5-11,27H,1-4H3,(H,26,28,30). The lowest BCUT2D eigenvalue weighted by atomic mass is 10.1. The summed E-state index contributed by atoms with van der Waals surface area (Å²) in [5, 5.41) is 6.01. The second kappa shape index (κ2) is 8.80. The third-order valence-corrected chi connectivity index (χ3v) is 6.61. The van der Waals surface area contributed by atoms with E-state index in [2.05, 4.69) is 15.6 Å². The van der Waals surface area contributed by atoms with E-state index in [1.165, 1.54) is 11.3 Å². The van der Waals surface area contributed by atoms with Gasteiger partial charge in [0.25, 0.3) is 17.7 Å². The maximum absolute atomic E-state index is 13.1. The third kappa shape index (κ3) is 4.40. The summed E-state index contributed by atoms with van der Waals surface area (Å²) in [7, 11) is 0. The number of hydrogen-bond acceptors (Lipinski definition) is 6. The minimum atomic E-state index is -0.596. The van der Waals surface area contributed by atoms with Gasteiger partial charge < -0.3 is 5.32 Å². The van der Waals surface area contributed by atoms with Crippen LogP contribution in [0.3, 0.4) is 0 Å². The normalized spacial score (nSPS) is 13.7. The van der Waals surface area contributed by atoms with Gasteiger partial charge in [-0.2, -0.15) is 0 Å². The maximum Gasteiger partial charge on any atom is 0.283 e. The number of carbonyl (C=O) groups excluding carboxylic acids is 3. The summed E-state index contributed by atoms with van der Waals surface area (Å²) in [4.78, 5) is 45.0. The topological polar surface area (TPSA) is 91.4 Å². The van der Waals surface area contributed by atoms with Crippen molar-refractivity contribution in [1.29, 1.82) is 0 Å². The van der Waals surface area contributed by atoms with Crippen molar-refractivity contribution in [3.63, 3.8) is 0 Å². The molecule has 1 aromatic heterocycles. The van der Waals surface area contributed by atoms with Gasteiger partial charge in [0.2, 0.25) is 0 Å². The van der Waals surface area contributed by atoms with Gasteiger partial charge in [-0.05, 0) is 63.1 Å². The van der Waals surface area contributed by atoms with Crippen molar-refractivity contribution < 1.29 is 14.4 Å². The molecule has 2 N–H and O–H groups in total. The van der Waals surface area contributed by atoms with Gasteiger partial charge >= 0.3 is 0 Å². The Bertz CT molecular complexity index is 1330. The van der Waals surface area contributed by atoms with Crippen LogP contribution in [0.4, 0.5) is 16.5 Å². The van der Waals surface area contributed by atoms with Gasteiger partial charge in [0, 0.05) is 16.1 Å². The molecule has 4 rings (SSSR count). The molecular formula is C24H21ClN4O3S. The van der Waals surface area contributed by atoms with Crippen LogP contribution in [0.2, 0.25) is 0 Å². The lowest BCUT2D eigenvalue weighted by molar-refractivity contribution is -0.120. The van der Waals surface area contributed by atoms with Crippen LogP contribution in [-0.2, 0) is 9.59 Å². The highest BCUT2D eigenvalue weighted by atomic mass is 35.5. The first-order valence-electron chi connectivity index (χ1n) is 10.1. The molecule has 33 heavy (non-hydrogen) atoms. The van der Waals surface area contributed by atoms with Crippen molar-refractivity contribution in [1.82, 2.24) is 4.98 Å². The molecule has 2 aromatic carbocycles. The highest BCUT2D eigenvalue weighted by molar-refractivity contribution is 7.15. The van der Waals surface area contributed by atoms with E-state index in [1.54, 1.807) is 30.3 Å². The van der Waals surface area contributed by atoms with Crippen molar-refractivity contribution >= 4 is 57.2 Å². The van der Waals surface area contributed by atoms with E-state index >= 15 is 0 Å². The van der Waals surface area contributed by atoms with Gasteiger partial charge in [-0.15, -0.1) is 11.3 Å². The van der Waals surface area contributed by atoms with E-state index in [9.17, 15) is 14.4 Å². The van der Waals surface area contributed by atoms with Crippen LogP contribution in [0.25, 0.3) is 0 Å². The monoisotopic (exact) mass is 480 g/mol. The van der Waals surface area contributed by atoms with Gasteiger partial charge in [0.1, 0.15) is 10.7 Å². The molecule has 7 nitrogen and oxygen atoms in total. The fourth-order valence-electron chi connectivity index (χ4n) is 3.37. The highest BCUT2D eigenvalue weighted by Gasteiger charge is 2.39. The average molecular weight is 481 g/mol. The fraction of sp³-hybridized carbons (Fsp3) is 0.167. The zero-order chi connectivity index (χ0) is 23.9. The molecule has 0 spiro atoms. The molecule has 3 amide bonds. The van der Waals surface area contributed by atoms with Crippen LogP contribution in [0.15, 0.2) is 53.2 Å². The van der Waals surface area contributed by atoms with Gasteiger partial charge in [0.15, 0.2) is 5.13 Å². The van der Waals surface area contributed by atoms with E-state index in [-0.39, 0.29) is 16.6 Å². The van der Waals surface area contributed by atoms with Gasteiger partial charge in [-0.1, -0.05) is 29.8 Å². The van der Waals surface area contributed by atoms with Gasteiger partial charge in [-0.25, -0.2) is 9.88 Å². The van der Waals surface area contributed by atoms with Crippen LogP contribution in [0, 0.1) is 27.7 Å². The summed E-state index contributed by atoms with van der Waals surface area (Å²) in [6, 6.07) is 12.1. The molecule has 0 unspecified atom stereocenters. The Morgan fingerprint density at radius 2 is 1.79 bits per heavy atom. The summed E-state index contributed by atoms with van der Waals surface area (Å²) in [5.41, 5.74) is 3.83. The molecule has 168 valence electrons. The second-order valence-electron chi connectivity index (χ2n) is 7.75. The number of thiazole rings is 1. The molecule has 0 aliphatic carbocycles. The number of anilines is 3. The summed E-state index contributed by atoms with van der Waals surface area (Å²) >= 11 is 7.65. The lowest BCUT2D eigenvalue weighted by Crippen LogP contribution is -2.33. The molecular weight excluding hydrogens is 460 g/mol. The van der Waals surface area contributed by atoms with Crippen molar-refractivity contribution in [2.75, 3.05) is 15.5 Å². The Labute approximate surface area is 200 Å². The number of aromatic nitrogens is 1. The molecule has 1 aliphatic heterocycles.